The maximum absolute atomic E-state index is 11.4. The summed E-state index contributed by atoms with van der Waals surface area (Å²) in [5.41, 5.74) is 5.80. The Balaban J connectivity index is 2.18. The molecular weight excluding hydrogens is 232 g/mol. The van der Waals surface area contributed by atoms with Gasteiger partial charge in [-0.3, -0.25) is 0 Å². The van der Waals surface area contributed by atoms with Crippen molar-refractivity contribution in [3.05, 3.63) is 18.1 Å². The lowest BCUT2D eigenvalue weighted by Gasteiger charge is -2.28. The van der Waals surface area contributed by atoms with E-state index in [9.17, 15) is 4.79 Å². The van der Waals surface area contributed by atoms with Crippen molar-refractivity contribution in [2.45, 2.75) is 18.9 Å². The van der Waals surface area contributed by atoms with Crippen LogP contribution >= 0.6 is 0 Å². The summed E-state index contributed by atoms with van der Waals surface area (Å²) in [6.07, 6.45) is 3.98. The molecule has 0 saturated heterocycles. The summed E-state index contributed by atoms with van der Waals surface area (Å²) < 4.78 is 4.61. The zero-order valence-electron chi connectivity index (χ0n) is 10.7. The van der Waals surface area contributed by atoms with Crippen LogP contribution in [0.4, 0.5) is 5.82 Å². The summed E-state index contributed by atoms with van der Waals surface area (Å²) in [6, 6.07) is 2.04. The lowest BCUT2D eigenvalue weighted by molar-refractivity contribution is 0.0587. The van der Waals surface area contributed by atoms with Crippen LogP contribution in [0.1, 0.15) is 23.5 Å². The van der Waals surface area contributed by atoms with Gasteiger partial charge < -0.3 is 15.4 Å². The Morgan fingerprint density at radius 2 is 2.39 bits per heavy atom. The molecule has 2 N–H and O–H groups in total. The van der Waals surface area contributed by atoms with Crippen molar-refractivity contribution in [3.63, 3.8) is 0 Å². The normalized spacial score (nSPS) is 16.2. The highest BCUT2D eigenvalue weighted by Crippen LogP contribution is 2.35. The smallest absolute Gasteiger partial charge is 0.376 e. The Morgan fingerprint density at radius 3 is 2.94 bits per heavy atom. The molecule has 1 aromatic rings. The second-order valence-electron chi connectivity index (χ2n) is 4.48. The Kier molecular flexibility index (Phi) is 3.76. The van der Waals surface area contributed by atoms with E-state index in [0.29, 0.717) is 18.3 Å². The molecule has 18 heavy (non-hydrogen) atoms. The van der Waals surface area contributed by atoms with E-state index in [1.807, 2.05) is 11.9 Å². The largest absolute Gasteiger partial charge is 0.463 e. The molecule has 0 aliphatic heterocycles. The van der Waals surface area contributed by atoms with Crippen molar-refractivity contribution in [1.29, 1.82) is 0 Å². The molecule has 0 aromatic carbocycles. The zero-order chi connectivity index (χ0) is 13.1. The van der Waals surface area contributed by atoms with E-state index >= 15 is 0 Å². The predicted octanol–water partition coefficient (Wildman–Crippen LogP) is 0.437. The molecule has 6 nitrogen and oxygen atoms in total. The minimum atomic E-state index is -0.527. The number of nitrogens with two attached hydrogens (primary N) is 1. The Hall–Kier alpha value is -1.69. The second kappa shape index (κ2) is 5.30. The van der Waals surface area contributed by atoms with Gasteiger partial charge in [0.1, 0.15) is 5.82 Å². The van der Waals surface area contributed by atoms with Gasteiger partial charge in [0.05, 0.1) is 7.11 Å². The number of rotatable bonds is 5. The summed E-state index contributed by atoms with van der Waals surface area (Å²) in [5.74, 6) is 0.888. The van der Waals surface area contributed by atoms with Gasteiger partial charge in [0.2, 0.25) is 5.82 Å². The molecular formula is C12H18N4O2. The lowest BCUT2D eigenvalue weighted by Crippen LogP contribution is -2.40. The van der Waals surface area contributed by atoms with Crippen molar-refractivity contribution < 1.29 is 9.53 Å². The van der Waals surface area contributed by atoms with Crippen LogP contribution in [0.2, 0.25) is 0 Å². The highest BCUT2D eigenvalue weighted by atomic mass is 16.5. The number of aromatic nitrogens is 2. The molecule has 1 saturated carbocycles. The van der Waals surface area contributed by atoms with Crippen LogP contribution in [-0.4, -0.2) is 42.7 Å². The minimum Gasteiger partial charge on any atom is -0.463 e. The Morgan fingerprint density at radius 1 is 1.67 bits per heavy atom. The van der Waals surface area contributed by atoms with E-state index < -0.39 is 5.97 Å². The third kappa shape index (κ3) is 2.59. The van der Waals surface area contributed by atoms with Crippen LogP contribution in [0.3, 0.4) is 0 Å². The third-order valence-electron chi connectivity index (χ3n) is 3.28. The molecule has 1 atom stereocenters. The van der Waals surface area contributed by atoms with Crippen LogP contribution < -0.4 is 10.6 Å². The summed E-state index contributed by atoms with van der Waals surface area (Å²) in [6.45, 7) is 0.582. The number of carbonyl (C=O) groups excluding carboxylic acids is 1. The summed E-state index contributed by atoms with van der Waals surface area (Å²) in [4.78, 5) is 21.5. The van der Waals surface area contributed by atoms with Crippen LogP contribution in [0.5, 0.6) is 0 Å². The van der Waals surface area contributed by atoms with Crippen molar-refractivity contribution in [1.82, 2.24) is 9.97 Å². The van der Waals surface area contributed by atoms with Crippen LogP contribution in [0.25, 0.3) is 0 Å². The molecule has 6 heteroatoms. The van der Waals surface area contributed by atoms with Gasteiger partial charge in [-0.05, 0) is 24.8 Å². The number of nitrogens with zero attached hydrogens (tertiary/aromatic N) is 3. The monoisotopic (exact) mass is 250 g/mol. The van der Waals surface area contributed by atoms with Crippen molar-refractivity contribution in [3.8, 4) is 0 Å². The molecule has 1 heterocycles. The number of carbonyl (C=O) groups is 1. The first-order valence-electron chi connectivity index (χ1n) is 6.01. The molecule has 98 valence electrons. The maximum atomic E-state index is 11.4. The van der Waals surface area contributed by atoms with E-state index in [0.717, 1.165) is 0 Å². The molecule has 1 aromatic heterocycles. The van der Waals surface area contributed by atoms with Crippen molar-refractivity contribution >= 4 is 11.8 Å². The van der Waals surface area contributed by atoms with E-state index in [2.05, 4.69) is 14.7 Å². The Labute approximate surface area is 106 Å². The first-order chi connectivity index (χ1) is 8.67. The highest BCUT2D eigenvalue weighted by Gasteiger charge is 2.33. The number of ether oxygens (including phenoxy) is 1. The lowest BCUT2D eigenvalue weighted by atomic mass is 10.1. The van der Waals surface area contributed by atoms with Gasteiger partial charge in [-0.2, -0.15) is 0 Å². The number of hydrogen-bond acceptors (Lipinski definition) is 6. The molecule has 1 fully saturated rings. The third-order valence-corrected chi connectivity index (χ3v) is 3.28. The van der Waals surface area contributed by atoms with Crippen LogP contribution in [0, 0.1) is 5.92 Å². The fourth-order valence-electron chi connectivity index (χ4n) is 2.05. The number of methoxy groups -OCH3 is 1. The average molecular weight is 250 g/mol. The SMILES string of the molecule is COC(=O)c1nccc(N(C)C(CN)C2CC2)n1. The first kappa shape index (κ1) is 12.8. The van der Waals surface area contributed by atoms with Gasteiger partial charge in [-0.15, -0.1) is 0 Å². The van der Waals surface area contributed by atoms with Gasteiger partial charge in [0.25, 0.3) is 0 Å². The van der Waals surface area contributed by atoms with E-state index in [-0.39, 0.29) is 11.9 Å². The molecule has 0 spiro atoms. The fraction of sp³-hybridized carbons (Fsp3) is 0.583. The summed E-state index contributed by atoms with van der Waals surface area (Å²) in [7, 11) is 3.26. The number of hydrogen-bond donors (Lipinski definition) is 1. The number of anilines is 1. The van der Waals surface area contributed by atoms with Crippen molar-refractivity contribution in [2.75, 3.05) is 25.6 Å². The maximum Gasteiger partial charge on any atom is 0.376 e. The van der Waals surface area contributed by atoms with Gasteiger partial charge in [0.15, 0.2) is 0 Å². The molecule has 1 aliphatic rings. The average Bonchev–Trinajstić information content (AvgIpc) is 3.23. The molecule has 0 bridgehead atoms. The van der Waals surface area contributed by atoms with Gasteiger partial charge >= 0.3 is 5.97 Å². The van der Waals surface area contributed by atoms with Crippen molar-refractivity contribution in [2.24, 2.45) is 11.7 Å². The molecule has 1 aliphatic carbocycles. The van der Waals surface area contributed by atoms with Gasteiger partial charge in [-0.1, -0.05) is 0 Å². The first-order valence-corrected chi connectivity index (χ1v) is 6.01. The topological polar surface area (TPSA) is 81.3 Å². The highest BCUT2D eigenvalue weighted by molar-refractivity contribution is 5.85. The van der Waals surface area contributed by atoms with E-state index in [4.69, 9.17) is 5.73 Å². The summed E-state index contributed by atoms with van der Waals surface area (Å²) >= 11 is 0. The molecule has 1 unspecified atom stereocenters. The molecule has 0 radical (unpaired) electrons. The quantitative estimate of drug-likeness (QED) is 0.763. The predicted molar refractivity (Wildman–Crippen MR) is 67.3 cm³/mol. The molecule has 0 amide bonds. The summed E-state index contributed by atoms with van der Waals surface area (Å²) in [5, 5.41) is 0. The van der Waals surface area contributed by atoms with Crippen LogP contribution in [-0.2, 0) is 4.74 Å². The van der Waals surface area contributed by atoms with Gasteiger partial charge in [-0.25, -0.2) is 14.8 Å². The van der Waals surface area contributed by atoms with Gasteiger partial charge in [0, 0.05) is 25.8 Å². The van der Waals surface area contributed by atoms with E-state index in [1.165, 1.54) is 20.0 Å². The standard InChI is InChI=1S/C12H18N4O2/c1-16(9(7-13)8-3-4-8)10-5-6-14-11(15-10)12(17)18-2/h5-6,8-9H,3-4,7,13H2,1-2H3. The number of likely N-dealkylation sites (N-methyl/N-ethyl adjacent to an activating group) is 1. The zero-order valence-corrected chi connectivity index (χ0v) is 10.7. The van der Waals surface area contributed by atoms with E-state index in [1.54, 1.807) is 12.3 Å². The minimum absolute atomic E-state index is 0.0772. The number of esters is 1. The molecule has 2 rings (SSSR count). The second-order valence-corrected chi connectivity index (χ2v) is 4.48. The van der Waals surface area contributed by atoms with Crippen LogP contribution in [0.15, 0.2) is 12.3 Å². The fourth-order valence-corrected chi connectivity index (χ4v) is 2.05. The Bertz CT molecular complexity index is 434.